The maximum absolute atomic E-state index is 13.2. The summed E-state index contributed by atoms with van der Waals surface area (Å²) in [5.74, 6) is -2.79. The number of carboxylic acids is 1. The molecule has 1 aliphatic rings. The van der Waals surface area contributed by atoms with Crippen LogP contribution in [0.2, 0.25) is 0 Å². The van der Waals surface area contributed by atoms with Gasteiger partial charge in [0.25, 0.3) is 5.91 Å². The summed E-state index contributed by atoms with van der Waals surface area (Å²) in [6.45, 7) is 7.34. The summed E-state index contributed by atoms with van der Waals surface area (Å²) in [6.07, 6.45) is -7.43. The average Bonchev–Trinajstić information content (AvgIpc) is 3.69. The van der Waals surface area contributed by atoms with Gasteiger partial charge in [-0.15, -0.1) is 10.2 Å². The van der Waals surface area contributed by atoms with Gasteiger partial charge in [-0.2, -0.15) is 35.7 Å². The first-order chi connectivity index (χ1) is 22.5. The van der Waals surface area contributed by atoms with E-state index in [1.54, 1.807) is 13.0 Å². The molecule has 0 saturated heterocycles. The number of anilines is 3. The predicted molar refractivity (Wildman–Crippen MR) is 168 cm³/mol. The molecule has 48 heavy (non-hydrogen) atoms. The fourth-order valence-electron chi connectivity index (χ4n) is 5.08. The van der Waals surface area contributed by atoms with Gasteiger partial charge in [0.2, 0.25) is 11.0 Å². The van der Waals surface area contributed by atoms with Crippen molar-refractivity contribution < 1.29 is 41.0 Å². The molecule has 1 aliphatic heterocycles. The lowest BCUT2D eigenvalue weighted by Gasteiger charge is -2.29. The molecule has 2 aromatic carbocycles. The monoisotopic (exact) mass is 699 g/mol. The van der Waals surface area contributed by atoms with Crippen molar-refractivity contribution in [2.24, 2.45) is 16.1 Å². The number of halogens is 6. The van der Waals surface area contributed by atoms with Crippen molar-refractivity contribution in [2.45, 2.75) is 70.4 Å². The molecule has 3 aromatic rings. The Labute approximate surface area is 276 Å². The molecule has 2 heterocycles. The molecule has 0 saturated carbocycles. The van der Waals surface area contributed by atoms with E-state index >= 15 is 0 Å². The Morgan fingerprint density at radius 3 is 2.23 bits per heavy atom. The van der Waals surface area contributed by atoms with Gasteiger partial charge in [0.1, 0.15) is 0 Å². The Kier molecular flexibility index (Phi) is 11.3. The number of carbonyl (C=O) groups excluding carboxylic acids is 1. The molecular weight excluding hydrogens is 664 g/mol. The summed E-state index contributed by atoms with van der Waals surface area (Å²) >= 11 is 0.571. The van der Waals surface area contributed by atoms with Crippen molar-refractivity contribution in [1.29, 1.82) is 0 Å². The second kappa shape index (κ2) is 14.9. The number of alkyl halides is 6. The predicted octanol–water partition coefficient (Wildman–Crippen LogP) is 8.12. The lowest BCUT2D eigenvalue weighted by atomic mass is 9.96. The molecule has 10 nitrogen and oxygen atoms in total. The second-order valence-electron chi connectivity index (χ2n) is 11.9. The van der Waals surface area contributed by atoms with Crippen molar-refractivity contribution in [2.75, 3.05) is 29.9 Å². The summed E-state index contributed by atoms with van der Waals surface area (Å²) in [5, 5.41) is 21.3. The van der Waals surface area contributed by atoms with Crippen LogP contribution in [0.15, 0.2) is 52.7 Å². The minimum atomic E-state index is -4.70. The molecule has 1 atom stereocenters. The van der Waals surface area contributed by atoms with Crippen LogP contribution >= 0.6 is 11.5 Å². The first-order valence-corrected chi connectivity index (χ1v) is 16.0. The molecule has 4 rings (SSSR count). The lowest BCUT2D eigenvalue weighted by molar-refractivity contribution is -0.166. The van der Waals surface area contributed by atoms with E-state index in [1.807, 2.05) is 26.0 Å². The number of aliphatic carboxylic acids is 1. The summed E-state index contributed by atoms with van der Waals surface area (Å²) in [6, 6.07) is 10.3. The van der Waals surface area contributed by atoms with Crippen molar-refractivity contribution in [3.05, 3.63) is 65.0 Å². The molecule has 17 heteroatoms. The van der Waals surface area contributed by atoms with Gasteiger partial charge in [-0.1, -0.05) is 39.0 Å². The maximum atomic E-state index is 13.2. The number of rotatable bonds is 16. The van der Waals surface area contributed by atoms with Gasteiger partial charge in [-0.05, 0) is 60.9 Å². The van der Waals surface area contributed by atoms with Crippen LogP contribution in [-0.4, -0.2) is 52.2 Å². The number of benzene rings is 2. The van der Waals surface area contributed by atoms with Crippen LogP contribution in [0.1, 0.15) is 79.7 Å². The van der Waals surface area contributed by atoms with Gasteiger partial charge in [0.15, 0.2) is 0 Å². The zero-order valence-electron chi connectivity index (χ0n) is 26.3. The highest BCUT2D eigenvalue weighted by Crippen LogP contribution is 2.52. The third-order valence-electron chi connectivity index (χ3n) is 7.55. The molecular formula is C31H35F6N7O3S. The number of aromatic nitrogens is 2. The standard InChI is InChI=1S/C31H35F6N7O3S/c1-18(2)17-44(14-6-4-5-13-38-26(47)20-7-10-22(11-8-20)29(42-43-29)31(35,36)37)24-12-9-21(19(3)15-25(45)46)16-23(24)39-28-40-27(41-48-28)30(32,33)34/h7-12,16,18-19H,4-6,13-15,17H2,1-3H3,(H,38,47)(H,45,46)(H,39,40,41). The van der Waals surface area contributed by atoms with Crippen molar-refractivity contribution in [1.82, 2.24) is 14.7 Å². The largest absolute Gasteiger partial charge is 0.481 e. The first-order valence-electron chi connectivity index (χ1n) is 15.2. The van der Waals surface area contributed by atoms with Crippen LogP contribution in [-0.2, 0) is 16.6 Å². The van der Waals surface area contributed by atoms with Gasteiger partial charge < -0.3 is 20.6 Å². The summed E-state index contributed by atoms with van der Waals surface area (Å²) in [4.78, 5) is 29.6. The Hall–Kier alpha value is -4.28. The maximum Gasteiger partial charge on any atom is 0.452 e. The number of nitrogens with one attached hydrogen (secondary N) is 2. The lowest BCUT2D eigenvalue weighted by Crippen LogP contribution is -2.30. The number of carboxylic acid groups (broad SMARTS) is 1. The van der Waals surface area contributed by atoms with E-state index < -0.39 is 35.7 Å². The SMILES string of the molecule is CC(C)CN(CCCCCNC(=O)c1ccc(C2(C(F)(F)F)N=N2)cc1)c1ccc(C(C)CC(=O)O)cc1Nc1nc(C(F)(F)F)ns1. The Bertz CT molecular complexity index is 1600. The molecule has 0 spiro atoms. The molecule has 260 valence electrons. The number of nitrogens with zero attached hydrogens (tertiary/aromatic N) is 5. The number of amides is 1. The fraction of sp³-hybridized carbons (Fsp3) is 0.484. The number of unbranched alkanes of at least 4 members (excludes halogenated alkanes) is 2. The topological polar surface area (TPSA) is 132 Å². The first kappa shape index (κ1) is 36.6. The third kappa shape index (κ3) is 9.20. The average molecular weight is 700 g/mol. The highest BCUT2D eigenvalue weighted by atomic mass is 32.1. The highest BCUT2D eigenvalue weighted by molar-refractivity contribution is 7.09. The summed E-state index contributed by atoms with van der Waals surface area (Å²) in [5.41, 5.74) is -0.629. The number of carbonyl (C=O) groups is 2. The zero-order chi connectivity index (χ0) is 35.3. The zero-order valence-corrected chi connectivity index (χ0v) is 27.1. The molecule has 0 fully saturated rings. The van der Waals surface area contributed by atoms with E-state index in [4.69, 9.17) is 0 Å². The Morgan fingerprint density at radius 2 is 1.67 bits per heavy atom. The smallest absolute Gasteiger partial charge is 0.452 e. The second-order valence-corrected chi connectivity index (χ2v) is 12.7. The minimum absolute atomic E-state index is 0.0566. The van der Waals surface area contributed by atoms with Gasteiger partial charge in [-0.3, -0.25) is 9.59 Å². The van der Waals surface area contributed by atoms with Crippen molar-refractivity contribution >= 4 is 39.9 Å². The Morgan fingerprint density at radius 1 is 0.979 bits per heavy atom. The minimum Gasteiger partial charge on any atom is -0.481 e. The van der Waals surface area contributed by atoms with Crippen LogP contribution in [0.5, 0.6) is 0 Å². The molecule has 1 amide bonds. The van der Waals surface area contributed by atoms with Crippen LogP contribution < -0.4 is 15.5 Å². The van der Waals surface area contributed by atoms with Crippen LogP contribution in [0, 0.1) is 5.92 Å². The van der Waals surface area contributed by atoms with E-state index in [0.717, 1.165) is 0 Å². The van der Waals surface area contributed by atoms with Gasteiger partial charge >= 0.3 is 24.0 Å². The molecule has 0 aliphatic carbocycles. The van der Waals surface area contributed by atoms with Crippen LogP contribution in [0.3, 0.4) is 0 Å². The van der Waals surface area contributed by atoms with Gasteiger partial charge in [0.05, 0.1) is 17.8 Å². The van der Waals surface area contributed by atoms with Gasteiger partial charge in [-0.25, -0.2) is 0 Å². The molecule has 3 N–H and O–H groups in total. The quantitative estimate of drug-likeness (QED) is 0.102. The molecule has 1 unspecified atom stereocenters. The van der Waals surface area contributed by atoms with Crippen LogP contribution in [0.4, 0.5) is 42.8 Å². The number of hydrogen-bond acceptors (Lipinski definition) is 9. The highest BCUT2D eigenvalue weighted by Gasteiger charge is 2.65. The van der Waals surface area contributed by atoms with E-state index in [-0.39, 0.29) is 34.5 Å². The van der Waals surface area contributed by atoms with Crippen molar-refractivity contribution in [3.8, 4) is 0 Å². The van der Waals surface area contributed by atoms with E-state index in [9.17, 15) is 41.0 Å². The fourth-order valence-corrected chi connectivity index (χ4v) is 5.68. The number of hydrogen-bond donors (Lipinski definition) is 3. The molecule has 0 bridgehead atoms. The summed E-state index contributed by atoms with van der Waals surface area (Å²) in [7, 11) is 0. The van der Waals surface area contributed by atoms with E-state index in [0.29, 0.717) is 67.4 Å². The van der Waals surface area contributed by atoms with E-state index in [2.05, 4.69) is 35.1 Å². The third-order valence-corrected chi connectivity index (χ3v) is 8.18. The molecule has 1 aromatic heterocycles. The van der Waals surface area contributed by atoms with Gasteiger partial charge in [0, 0.05) is 42.3 Å². The molecule has 0 radical (unpaired) electrons. The van der Waals surface area contributed by atoms with Crippen molar-refractivity contribution in [3.63, 3.8) is 0 Å². The van der Waals surface area contributed by atoms with E-state index in [1.165, 1.54) is 24.3 Å². The van der Waals surface area contributed by atoms with Crippen LogP contribution in [0.25, 0.3) is 0 Å². The summed E-state index contributed by atoms with van der Waals surface area (Å²) < 4.78 is 82.5. The Balaban J connectivity index is 1.38. The normalized spacial score (nSPS) is 14.5.